The van der Waals surface area contributed by atoms with Crippen LogP contribution in [0.25, 0.3) is 0 Å². The van der Waals surface area contributed by atoms with Gasteiger partial charge in [-0.05, 0) is 48.0 Å². The molecule has 4 rings (SSSR count). The number of hydrogen-bond acceptors (Lipinski definition) is 5. The Morgan fingerprint density at radius 3 is 2.14 bits per heavy atom. The second-order valence-electron chi connectivity index (χ2n) is 7.47. The maximum atomic E-state index is 13.2. The number of carbonyl (C=O) groups excluding carboxylic acids is 2. The summed E-state index contributed by atoms with van der Waals surface area (Å²) in [6, 6.07) is 25.9. The summed E-state index contributed by atoms with van der Waals surface area (Å²) in [6.45, 7) is 0. The Labute approximate surface area is 206 Å². The Hall–Kier alpha value is -4.43. The average molecular weight is 484 g/mol. The number of carbonyl (C=O) groups is 3. The topological polar surface area (TPSA) is 108 Å². The lowest BCUT2D eigenvalue weighted by Crippen LogP contribution is -2.19. The second-order valence-corrected chi connectivity index (χ2v) is 8.64. The van der Waals surface area contributed by atoms with E-state index in [2.05, 4.69) is 15.6 Å². The minimum absolute atomic E-state index is 0.0666. The lowest BCUT2D eigenvalue weighted by atomic mass is 10.1. The van der Waals surface area contributed by atoms with Crippen molar-refractivity contribution in [1.29, 1.82) is 0 Å². The van der Waals surface area contributed by atoms with Crippen LogP contribution in [0.3, 0.4) is 0 Å². The monoisotopic (exact) mass is 483 g/mol. The summed E-state index contributed by atoms with van der Waals surface area (Å²) < 4.78 is 0. The van der Waals surface area contributed by atoms with Gasteiger partial charge in [-0.3, -0.25) is 14.6 Å². The molecule has 4 aromatic rings. The molecular formula is C27H21N3O4S. The Bertz CT molecular complexity index is 1350. The molecule has 1 heterocycles. The first-order valence-corrected chi connectivity index (χ1v) is 11.6. The molecule has 0 aliphatic heterocycles. The van der Waals surface area contributed by atoms with Crippen LogP contribution in [-0.2, 0) is 4.79 Å². The van der Waals surface area contributed by atoms with E-state index in [1.54, 1.807) is 54.9 Å². The minimum atomic E-state index is -1.18. The van der Waals surface area contributed by atoms with Crippen LogP contribution >= 0.6 is 11.8 Å². The maximum Gasteiger partial charge on any atom is 0.336 e. The quantitative estimate of drug-likeness (QED) is 0.286. The summed E-state index contributed by atoms with van der Waals surface area (Å²) in [4.78, 5) is 42.1. The largest absolute Gasteiger partial charge is 0.478 e. The number of nitrogens with zero attached hydrogens (tertiary/aromatic N) is 1. The Balaban J connectivity index is 1.55. The number of carboxylic acids is 1. The van der Waals surface area contributed by atoms with E-state index in [0.29, 0.717) is 11.4 Å². The molecule has 8 heteroatoms. The summed E-state index contributed by atoms with van der Waals surface area (Å²) in [5.74, 6) is -1.90. The summed E-state index contributed by atoms with van der Waals surface area (Å²) in [7, 11) is 0. The van der Waals surface area contributed by atoms with Crippen molar-refractivity contribution < 1.29 is 19.5 Å². The number of amides is 2. The van der Waals surface area contributed by atoms with Crippen LogP contribution in [0.4, 0.5) is 11.4 Å². The molecule has 0 aliphatic carbocycles. The molecule has 0 radical (unpaired) electrons. The number of aromatic carboxylic acids is 1. The molecular weight excluding hydrogens is 462 g/mol. The van der Waals surface area contributed by atoms with Gasteiger partial charge in [0.2, 0.25) is 5.91 Å². The number of pyridine rings is 1. The van der Waals surface area contributed by atoms with Crippen LogP contribution in [0.15, 0.2) is 108 Å². The number of aromatic nitrogens is 1. The van der Waals surface area contributed by atoms with Crippen molar-refractivity contribution in [2.75, 3.05) is 10.6 Å². The fourth-order valence-corrected chi connectivity index (χ4v) is 4.48. The molecule has 0 bridgehead atoms. The number of carboxylic acid groups (broad SMARTS) is 1. The highest BCUT2D eigenvalue weighted by Gasteiger charge is 2.23. The van der Waals surface area contributed by atoms with E-state index >= 15 is 0 Å². The van der Waals surface area contributed by atoms with Crippen LogP contribution in [0.1, 0.15) is 31.5 Å². The average Bonchev–Trinajstić information content (AvgIpc) is 2.88. The SMILES string of the molecule is O=C(O)c1ccccc1C(=O)Nc1cccc(SC(C(=O)Nc2ccncc2)c2ccccc2)c1. The molecule has 1 aromatic heterocycles. The van der Waals surface area contributed by atoms with Crippen LogP contribution in [-0.4, -0.2) is 27.9 Å². The van der Waals surface area contributed by atoms with Gasteiger partial charge in [0, 0.05) is 28.7 Å². The number of thioether (sulfide) groups is 1. The fraction of sp³-hybridized carbons (Fsp3) is 0.0370. The lowest BCUT2D eigenvalue weighted by molar-refractivity contribution is -0.115. The highest BCUT2D eigenvalue weighted by atomic mass is 32.2. The molecule has 0 aliphatic rings. The van der Waals surface area contributed by atoms with Crippen LogP contribution in [0.5, 0.6) is 0 Å². The van der Waals surface area contributed by atoms with E-state index in [1.165, 1.54) is 23.9 Å². The van der Waals surface area contributed by atoms with Crippen molar-refractivity contribution in [3.05, 3.63) is 120 Å². The third-order valence-corrected chi connectivity index (χ3v) is 6.28. The highest BCUT2D eigenvalue weighted by Crippen LogP contribution is 2.37. The van der Waals surface area contributed by atoms with Gasteiger partial charge in [-0.25, -0.2) is 4.79 Å². The van der Waals surface area contributed by atoms with Gasteiger partial charge < -0.3 is 15.7 Å². The van der Waals surface area contributed by atoms with Gasteiger partial charge in [-0.2, -0.15) is 0 Å². The summed E-state index contributed by atoms with van der Waals surface area (Å²) in [6.07, 6.45) is 3.21. The fourth-order valence-electron chi connectivity index (χ4n) is 3.39. The normalized spacial score (nSPS) is 11.3. The molecule has 3 N–H and O–H groups in total. The van der Waals surface area contributed by atoms with Crippen molar-refractivity contribution in [2.45, 2.75) is 10.1 Å². The van der Waals surface area contributed by atoms with Crippen molar-refractivity contribution in [2.24, 2.45) is 0 Å². The molecule has 35 heavy (non-hydrogen) atoms. The van der Waals surface area contributed by atoms with Gasteiger partial charge in [-0.15, -0.1) is 11.8 Å². The smallest absolute Gasteiger partial charge is 0.336 e. The lowest BCUT2D eigenvalue weighted by Gasteiger charge is -2.17. The van der Waals surface area contributed by atoms with E-state index in [0.717, 1.165) is 10.5 Å². The van der Waals surface area contributed by atoms with E-state index in [4.69, 9.17) is 0 Å². The molecule has 1 unspecified atom stereocenters. The Kier molecular flexibility index (Phi) is 7.54. The first kappa shape index (κ1) is 23.7. The van der Waals surface area contributed by atoms with Gasteiger partial charge >= 0.3 is 5.97 Å². The first-order chi connectivity index (χ1) is 17.0. The van der Waals surface area contributed by atoms with Crippen LogP contribution in [0.2, 0.25) is 0 Å². The highest BCUT2D eigenvalue weighted by molar-refractivity contribution is 8.00. The Morgan fingerprint density at radius 2 is 1.43 bits per heavy atom. The molecule has 2 amide bonds. The molecule has 0 saturated heterocycles. The van der Waals surface area contributed by atoms with E-state index in [-0.39, 0.29) is 17.0 Å². The van der Waals surface area contributed by atoms with Gasteiger partial charge in [0.25, 0.3) is 5.91 Å². The van der Waals surface area contributed by atoms with Crippen molar-refractivity contribution in [1.82, 2.24) is 4.98 Å². The van der Waals surface area contributed by atoms with Gasteiger partial charge in [0.05, 0.1) is 11.1 Å². The van der Waals surface area contributed by atoms with Crippen LogP contribution < -0.4 is 10.6 Å². The zero-order chi connectivity index (χ0) is 24.6. The van der Waals surface area contributed by atoms with E-state index in [1.807, 2.05) is 36.4 Å². The summed E-state index contributed by atoms with van der Waals surface area (Å²) in [5, 5.41) is 14.5. The molecule has 7 nitrogen and oxygen atoms in total. The van der Waals surface area contributed by atoms with Crippen LogP contribution in [0, 0.1) is 0 Å². The van der Waals surface area contributed by atoms with Crippen molar-refractivity contribution in [3.8, 4) is 0 Å². The minimum Gasteiger partial charge on any atom is -0.478 e. The summed E-state index contributed by atoms with van der Waals surface area (Å²) >= 11 is 1.34. The number of hydrogen-bond donors (Lipinski definition) is 3. The second kappa shape index (κ2) is 11.1. The number of anilines is 2. The molecule has 3 aromatic carbocycles. The predicted octanol–water partition coefficient (Wildman–Crippen LogP) is 5.50. The zero-order valence-electron chi connectivity index (χ0n) is 18.4. The van der Waals surface area contributed by atoms with Crippen molar-refractivity contribution >= 4 is 40.9 Å². The van der Waals surface area contributed by atoms with Gasteiger partial charge in [0.15, 0.2) is 0 Å². The van der Waals surface area contributed by atoms with Gasteiger partial charge in [0.1, 0.15) is 5.25 Å². The summed E-state index contributed by atoms with van der Waals surface area (Å²) in [5.41, 5.74) is 1.95. The molecule has 1 atom stereocenters. The maximum absolute atomic E-state index is 13.2. The first-order valence-electron chi connectivity index (χ1n) is 10.7. The van der Waals surface area contributed by atoms with Gasteiger partial charge in [-0.1, -0.05) is 48.5 Å². The molecule has 0 fully saturated rings. The van der Waals surface area contributed by atoms with E-state index < -0.39 is 17.1 Å². The van der Waals surface area contributed by atoms with E-state index in [9.17, 15) is 19.5 Å². The third-order valence-electron chi connectivity index (χ3n) is 5.04. The molecule has 0 saturated carbocycles. The number of benzene rings is 3. The number of nitrogens with one attached hydrogen (secondary N) is 2. The van der Waals surface area contributed by atoms with Crippen molar-refractivity contribution in [3.63, 3.8) is 0 Å². The standard InChI is InChI=1S/C27H21N3O4S/c31-25(22-11-4-5-12-23(22)27(33)34)30-20-9-6-10-21(17-20)35-24(18-7-2-1-3-8-18)26(32)29-19-13-15-28-16-14-19/h1-17,24H,(H,30,31)(H,33,34)(H,28,29,32). The third kappa shape index (κ3) is 6.13. The molecule has 0 spiro atoms. The predicted molar refractivity (Wildman–Crippen MR) is 136 cm³/mol. The Morgan fingerprint density at radius 1 is 0.743 bits per heavy atom. The zero-order valence-corrected chi connectivity index (χ0v) is 19.2. The number of rotatable bonds is 8. The molecule has 174 valence electrons.